The molecule has 1 aliphatic heterocycles. The van der Waals surface area contributed by atoms with Gasteiger partial charge in [0.25, 0.3) is 5.91 Å². The fraction of sp³-hybridized carbons (Fsp3) is 0.500. The van der Waals surface area contributed by atoms with E-state index in [1.807, 2.05) is 12.1 Å². The number of carbonyl (C=O) groups excluding carboxylic acids is 2. The van der Waals surface area contributed by atoms with Gasteiger partial charge in [0.15, 0.2) is 5.96 Å². The fourth-order valence-electron chi connectivity index (χ4n) is 2.47. The van der Waals surface area contributed by atoms with Crippen molar-refractivity contribution in [3.8, 4) is 0 Å². The van der Waals surface area contributed by atoms with Crippen molar-refractivity contribution in [3.63, 3.8) is 0 Å². The van der Waals surface area contributed by atoms with Crippen LogP contribution in [0.5, 0.6) is 0 Å². The average Bonchev–Trinajstić information content (AvgIpc) is 2.59. The first-order valence-electron chi connectivity index (χ1n) is 8.64. The van der Waals surface area contributed by atoms with E-state index in [0.29, 0.717) is 37.1 Å². The molecule has 1 aromatic carbocycles. The predicted octanol–water partition coefficient (Wildman–Crippen LogP) is 1.33. The minimum atomic E-state index is -0.125. The van der Waals surface area contributed by atoms with Gasteiger partial charge in [0.05, 0.1) is 13.1 Å². The Morgan fingerprint density at radius 1 is 1.35 bits per heavy atom. The van der Waals surface area contributed by atoms with Gasteiger partial charge in [0.1, 0.15) is 0 Å². The largest absolute Gasteiger partial charge is 0.370 e. The maximum atomic E-state index is 12.4. The van der Waals surface area contributed by atoms with Gasteiger partial charge in [0.2, 0.25) is 5.91 Å². The van der Waals surface area contributed by atoms with Gasteiger partial charge in [-0.05, 0) is 30.0 Å². The summed E-state index contributed by atoms with van der Waals surface area (Å²) in [6.07, 6.45) is 1.04. The lowest BCUT2D eigenvalue weighted by molar-refractivity contribution is -0.123. The number of nitrogens with one attached hydrogen (secondary N) is 2. The van der Waals surface area contributed by atoms with E-state index in [-0.39, 0.29) is 42.3 Å². The molecular formula is C18H28IN5O2. The summed E-state index contributed by atoms with van der Waals surface area (Å²) in [5.41, 5.74) is 7.38. The molecule has 0 saturated carbocycles. The monoisotopic (exact) mass is 473 g/mol. The van der Waals surface area contributed by atoms with E-state index >= 15 is 0 Å². The summed E-state index contributed by atoms with van der Waals surface area (Å²) in [5.74, 6) is 0.808. The summed E-state index contributed by atoms with van der Waals surface area (Å²) >= 11 is 0. The number of aliphatic imine (C=N–C) groups is 1. The van der Waals surface area contributed by atoms with Crippen molar-refractivity contribution in [1.82, 2.24) is 15.5 Å². The van der Waals surface area contributed by atoms with Crippen molar-refractivity contribution in [2.45, 2.75) is 26.8 Å². The van der Waals surface area contributed by atoms with Crippen LogP contribution in [0.3, 0.4) is 0 Å². The highest BCUT2D eigenvalue weighted by molar-refractivity contribution is 14.0. The van der Waals surface area contributed by atoms with Crippen LogP contribution in [0, 0.1) is 5.92 Å². The van der Waals surface area contributed by atoms with E-state index in [9.17, 15) is 9.59 Å². The second kappa shape index (κ2) is 11.0. The van der Waals surface area contributed by atoms with Crippen molar-refractivity contribution in [1.29, 1.82) is 0 Å². The van der Waals surface area contributed by atoms with Gasteiger partial charge in [0, 0.05) is 25.2 Å². The summed E-state index contributed by atoms with van der Waals surface area (Å²) in [5, 5.41) is 5.80. The lowest BCUT2D eigenvalue weighted by Crippen LogP contribution is -2.49. The molecule has 8 heteroatoms. The zero-order chi connectivity index (χ0) is 18.2. The second-order valence-corrected chi connectivity index (χ2v) is 6.58. The van der Waals surface area contributed by atoms with Gasteiger partial charge >= 0.3 is 0 Å². The molecule has 1 aromatic rings. The number of amides is 2. The molecule has 0 bridgehead atoms. The van der Waals surface area contributed by atoms with Crippen molar-refractivity contribution >= 4 is 41.8 Å². The standard InChI is InChI=1S/C18H27N5O2.HI/c1-13(2)7-8-21-18(19)22-11-14-3-5-15(6-4-14)17(25)23-10-9-20-16(24)12-23;/h3-6,13H,7-12H2,1-2H3,(H,20,24)(H3,19,21,22);1H. The molecular weight excluding hydrogens is 445 g/mol. The van der Waals surface area contributed by atoms with Crippen LogP contribution in [-0.2, 0) is 11.3 Å². The molecule has 144 valence electrons. The maximum absolute atomic E-state index is 12.4. The summed E-state index contributed by atoms with van der Waals surface area (Å²) in [6.45, 7) is 6.74. The molecule has 0 radical (unpaired) electrons. The lowest BCUT2D eigenvalue weighted by Gasteiger charge is -2.26. The van der Waals surface area contributed by atoms with E-state index in [0.717, 1.165) is 18.5 Å². The van der Waals surface area contributed by atoms with Crippen LogP contribution in [0.1, 0.15) is 36.2 Å². The first-order valence-corrected chi connectivity index (χ1v) is 8.64. The Hall–Kier alpha value is -1.84. The number of halogens is 1. The number of guanidine groups is 1. The molecule has 0 atom stereocenters. The van der Waals surface area contributed by atoms with Gasteiger partial charge in [-0.1, -0.05) is 26.0 Å². The molecule has 2 rings (SSSR count). The van der Waals surface area contributed by atoms with Crippen LogP contribution < -0.4 is 16.4 Å². The molecule has 0 unspecified atom stereocenters. The van der Waals surface area contributed by atoms with Crippen LogP contribution >= 0.6 is 24.0 Å². The maximum Gasteiger partial charge on any atom is 0.254 e. The number of nitrogens with zero attached hydrogens (tertiary/aromatic N) is 2. The molecule has 26 heavy (non-hydrogen) atoms. The van der Waals surface area contributed by atoms with Gasteiger partial charge in [-0.2, -0.15) is 0 Å². The number of piperazine rings is 1. The molecule has 1 saturated heterocycles. The fourth-order valence-corrected chi connectivity index (χ4v) is 2.47. The second-order valence-electron chi connectivity index (χ2n) is 6.58. The Kier molecular flexibility index (Phi) is 9.39. The molecule has 2 amide bonds. The number of hydrogen-bond acceptors (Lipinski definition) is 3. The Morgan fingerprint density at radius 3 is 2.65 bits per heavy atom. The third-order valence-electron chi connectivity index (χ3n) is 3.99. The Morgan fingerprint density at radius 2 is 2.04 bits per heavy atom. The molecule has 4 N–H and O–H groups in total. The Bertz CT molecular complexity index is 631. The topological polar surface area (TPSA) is 99.8 Å². The molecule has 0 aliphatic carbocycles. The highest BCUT2D eigenvalue weighted by Crippen LogP contribution is 2.09. The Labute approximate surface area is 171 Å². The van der Waals surface area contributed by atoms with Crippen LogP contribution in [0.2, 0.25) is 0 Å². The van der Waals surface area contributed by atoms with Gasteiger partial charge < -0.3 is 21.3 Å². The quantitative estimate of drug-likeness (QED) is 0.330. The van der Waals surface area contributed by atoms with Crippen molar-refractivity contribution in [2.75, 3.05) is 26.2 Å². The number of hydrogen-bond donors (Lipinski definition) is 3. The van der Waals surface area contributed by atoms with Crippen LogP contribution in [-0.4, -0.2) is 48.9 Å². The molecule has 1 heterocycles. The average molecular weight is 473 g/mol. The first-order chi connectivity index (χ1) is 12.0. The normalized spacial score (nSPS) is 14.7. The minimum Gasteiger partial charge on any atom is -0.370 e. The minimum absolute atomic E-state index is 0. The van der Waals surface area contributed by atoms with Crippen molar-refractivity contribution < 1.29 is 9.59 Å². The van der Waals surface area contributed by atoms with Gasteiger partial charge in [-0.25, -0.2) is 4.99 Å². The molecule has 0 aromatic heterocycles. The molecule has 1 aliphatic rings. The number of benzene rings is 1. The van der Waals surface area contributed by atoms with Crippen molar-refractivity contribution in [2.24, 2.45) is 16.6 Å². The predicted molar refractivity (Wildman–Crippen MR) is 114 cm³/mol. The number of rotatable bonds is 6. The van der Waals surface area contributed by atoms with E-state index in [4.69, 9.17) is 5.73 Å². The third kappa shape index (κ3) is 7.19. The van der Waals surface area contributed by atoms with E-state index in [2.05, 4.69) is 29.5 Å². The molecule has 0 spiro atoms. The highest BCUT2D eigenvalue weighted by atomic mass is 127. The lowest BCUT2D eigenvalue weighted by atomic mass is 10.1. The summed E-state index contributed by atoms with van der Waals surface area (Å²) in [6, 6.07) is 7.26. The summed E-state index contributed by atoms with van der Waals surface area (Å²) in [4.78, 5) is 29.6. The van der Waals surface area contributed by atoms with E-state index < -0.39 is 0 Å². The SMILES string of the molecule is CC(C)CCNC(N)=NCc1ccc(C(=O)N2CCNC(=O)C2)cc1.I. The molecule has 1 fully saturated rings. The van der Waals surface area contributed by atoms with Crippen LogP contribution in [0.4, 0.5) is 0 Å². The zero-order valence-corrected chi connectivity index (χ0v) is 17.7. The van der Waals surface area contributed by atoms with Gasteiger partial charge in [-0.15, -0.1) is 24.0 Å². The first kappa shape index (κ1) is 22.2. The third-order valence-corrected chi connectivity index (χ3v) is 3.99. The number of nitrogens with two attached hydrogens (primary N) is 1. The zero-order valence-electron chi connectivity index (χ0n) is 15.3. The summed E-state index contributed by atoms with van der Waals surface area (Å²) in [7, 11) is 0. The van der Waals surface area contributed by atoms with E-state index in [1.165, 1.54) is 0 Å². The number of carbonyl (C=O) groups is 2. The Balaban J connectivity index is 0.00000338. The van der Waals surface area contributed by atoms with E-state index in [1.54, 1.807) is 17.0 Å². The van der Waals surface area contributed by atoms with Crippen molar-refractivity contribution in [3.05, 3.63) is 35.4 Å². The summed E-state index contributed by atoms with van der Waals surface area (Å²) < 4.78 is 0. The molecule has 7 nitrogen and oxygen atoms in total. The van der Waals surface area contributed by atoms with Gasteiger partial charge in [-0.3, -0.25) is 9.59 Å². The highest BCUT2D eigenvalue weighted by Gasteiger charge is 2.21. The van der Waals surface area contributed by atoms with Crippen LogP contribution in [0.15, 0.2) is 29.3 Å². The smallest absolute Gasteiger partial charge is 0.254 e. The van der Waals surface area contributed by atoms with Crippen LogP contribution in [0.25, 0.3) is 0 Å².